The Kier molecular flexibility index (Phi) is 4.95. The molecule has 5 rings (SSSR count). The molecule has 4 nitrogen and oxygen atoms in total. The van der Waals surface area contributed by atoms with E-state index in [2.05, 4.69) is 29.2 Å². The summed E-state index contributed by atoms with van der Waals surface area (Å²) < 4.78 is 1.07. The predicted octanol–water partition coefficient (Wildman–Crippen LogP) is 5.62. The average molecular weight is 410 g/mol. The van der Waals surface area contributed by atoms with Crippen molar-refractivity contribution >= 4 is 43.4 Å². The summed E-state index contributed by atoms with van der Waals surface area (Å²) in [6.07, 6.45) is 3.85. The van der Waals surface area contributed by atoms with E-state index >= 15 is 0 Å². The Hall–Kier alpha value is -3.57. The van der Waals surface area contributed by atoms with Crippen molar-refractivity contribution in [3.8, 4) is 0 Å². The zero-order valence-electron chi connectivity index (χ0n) is 16.2. The van der Waals surface area contributed by atoms with Crippen LogP contribution in [0.1, 0.15) is 11.1 Å². The Labute approximate surface area is 178 Å². The van der Waals surface area contributed by atoms with E-state index in [0.717, 1.165) is 26.7 Å². The van der Waals surface area contributed by atoms with Crippen LogP contribution < -0.4 is 4.90 Å². The van der Waals surface area contributed by atoms with Crippen molar-refractivity contribution < 1.29 is 4.79 Å². The van der Waals surface area contributed by atoms with Crippen molar-refractivity contribution in [3.63, 3.8) is 0 Å². The van der Waals surface area contributed by atoms with E-state index in [1.165, 1.54) is 16.7 Å². The molecular weight excluding hydrogens is 390 g/mol. The number of amides is 1. The number of fused-ring (bicyclic) bond motifs is 2. The molecule has 5 aromatic rings. The zero-order valence-corrected chi connectivity index (χ0v) is 17.0. The summed E-state index contributed by atoms with van der Waals surface area (Å²) in [6.45, 7) is 0.445. The van der Waals surface area contributed by atoms with Crippen LogP contribution in [0.5, 0.6) is 0 Å². The van der Waals surface area contributed by atoms with Crippen molar-refractivity contribution in [2.24, 2.45) is 0 Å². The Morgan fingerprint density at radius 2 is 1.70 bits per heavy atom. The molecule has 0 unspecified atom stereocenters. The van der Waals surface area contributed by atoms with E-state index in [1.807, 2.05) is 54.6 Å². The van der Waals surface area contributed by atoms with E-state index in [4.69, 9.17) is 4.98 Å². The maximum absolute atomic E-state index is 13.4. The van der Waals surface area contributed by atoms with Crippen molar-refractivity contribution in [1.29, 1.82) is 0 Å². The Morgan fingerprint density at radius 1 is 0.867 bits per heavy atom. The zero-order chi connectivity index (χ0) is 20.3. The van der Waals surface area contributed by atoms with Crippen LogP contribution in [-0.2, 0) is 17.8 Å². The second-order valence-corrected chi connectivity index (χ2v) is 8.17. The Bertz CT molecular complexity index is 1300. The number of hydrogen-bond acceptors (Lipinski definition) is 4. The number of rotatable bonds is 5. The number of para-hydroxylation sites is 1. The number of aromatic nitrogens is 2. The highest BCUT2D eigenvalue weighted by molar-refractivity contribution is 7.22. The Balaban J connectivity index is 1.48. The normalized spacial score (nSPS) is 11.1. The molecule has 0 saturated carbocycles. The third-order valence-electron chi connectivity index (χ3n) is 5.05. The van der Waals surface area contributed by atoms with E-state index < -0.39 is 0 Å². The summed E-state index contributed by atoms with van der Waals surface area (Å²) in [5, 5.41) is 3.03. The molecule has 0 aliphatic heterocycles. The van der Waals surface area contributed by atoms with Gasteiger partial charge in [-0.3, -0.25) is 14.7 Å². The summed E-state index contributed by atoms with van der Waals surface area (Å²) in [5.74, 6) is 0.0215. The number of nitrogens with zero attached hydrogens (tertiary/aromatic N) is 3. The second-order valence-electron chi connectivity index (χ2n) is 7.16. The summed E-state index contributed by atoms with van der Waals surface area (Å²) in [6, 6.07) is 26.2. The fraction of sp³-hybridized carbons (Fsp3) is 0.0800. The molecule has 1 amide bonds. The average Bonchev–Trinajstić information content (AvgIpc) is 3.22. The number of hydrogen-bond donors (Lipinski definition) is 0. The van der Waals surface area contributed by atoms with Crippen LogP contribution in [0.2, 0.25) is 0 Å². The van der Waals surface area contributed by atoms with Crippen LogP contribution in [0.15, 0.2) is 91.3 Å². The molecular formula is C25H19N3OS. The number of anilines is 1. The smallest absolute Gasteiger partial charge is 0.233 e. The molecule has 0 bridgehead atoms. The lowest BCUT2D eigenvalue weighted by molar-refractivity contribution is -0.118. The minimum absolute atomic E-state index is 0.0215. The van der Waals surface area contributed by atoms with Crippen LogP contribution in [-0.4, -0.2) is 15.9 Å². The van der Waals surface area contributed by atoms with Crippen molar-refractivity contribution in [3.05, 3.63) is 102 Å². The summed E-state index contributed by atoms with van der Waals surface area (Å²) in [7, 11) is 0. The van der Waals surface area contributed by atoms with Crippen LogP contribution in [0, 0.1) is 0 Å². The van der Waals surface area contributed by atoms with Gasteiger partial charge in [-0.2, -0.15) is 0 Å². The van der Waals surface area contributed by atoms with E-state index in [1.54, 1.807) is 17.3 Å². The predicted molar refractivity (Wildman–Crippen MR) is 123 cm³/mol. The van der Waals surface area contributed by atoms with Gasteiger partial charge < -0.3 is 0 Å². The lowest BCUT2D eigenvalue weighted by atomic mass is 10.0. The van der Waals surface area contributed by atoms with Gasteiger partial charge in [-0.15, -0.1) is 0 Å². The quantitative estimate of drug-likeness (QED) is 0.378. The van der Waals surface area contributed by atoms with Gasteiger partial charge >= 0.3 is 0 Å². The molecule has 0 spiro atoms. The van der Waals surface area contributed by atoms with Gasteiger partial charge in [0.1, 0.15) is 0 Å². The lowest BCUT2D eigenvalue weighted by Gasteiger charge is -2.20. The number of carbonyl (C=O) groups excluding carboxylic acids is 1. The number of carbonyl (C=O) groups is 1. The largest absolute Gasteiger partial charge is 0.283 e. The van der Waals surface area contributed by atoms with Gasteiger partial charge in [0, 0.05) is 12.4 Å². The highest BCUT2D eigenvalue weighted by Gasteiger charge is 2.20. The van der Waals surface area contributed by atoms with Gasteiger partial charge in [-0.25, -0.2) is 4.98 Å². The third kappa shape index (κ3) is 3.80. The first-order valence-electron chi connectivity index (χ1n) is 9.79. The number of thiazole rings is 1. The molecule has 0 fully saturated rings. The van der Waals surface area contributed by atoms with Gasteiger partial charge in [0.05, 0.1) is 23.2 Å². The van der Waals surface area contributed by atoms with Gasteiger partial charge in [0.15, 0.2) is 5.13 Å². The monoisotopic (exact) mass is 409 g/mol. The molecule has 0 atom stereocenters. The van der Waals surface area contributed by atoms with E-state index in [-0.39, 0.29) is 5.91 Å². The fourth-order valence-electron chi connectivity index (χ4n) is 3.53. The first-order chi connectivity index (χ1) is 14.8. The van der Waals surface area contributed by atoms with Crippen LogP contribution >= 0.6 is 11.3 Å². The van der Waals surface area contributed by atoms with Gasteiger partial charge in [-0.1, -0.05) is 72.0 Å². The maximum Gasteiger partial charge on any atom is 0.233 e. The fourth-order valence-corrected chi connectivity index (χ4v) is 4.51. The van der Waals surface area contributed by atoms with Gasteiger partial charge in [0.2, 0.25) is 5.91 Å². The number of pyridine rings is 1. The van der Waals surface area contributed by atoms with Crippen LogP contribution in [0.3, 0.4) is 0 Å². The molecule has 0 aliphatic carbocycles. The maximum atomic E-state index is 13.4. The number of benzene rings is 3. The van der Waals surface area contributed by atoms with E-state index in [0.29, 0.717) is 18.1 Å². The highest BCUT2D eigenvalue weighted by Crippen LogP contribution is 2.30. The Morgan fingerprint density at radius 3 is 2.53 bits per heavy atom. The summed E-state index contributed by atoms with van der Waals surface area (Å²) in [5.41, 5.74) is 2.88. The van der Waals surface area contributed by atoms with Gasteiger partial charge in [0.25, 0.3) is 0 Å². The molecule has 0 N–H and O–H groups in total. The van der Waals surface area contributed by atoms with Crippen molar-refractivity contribution in [2.75, 3.05) is 4.90 Å². The molecule has 2 heterocycles. The standard InChI is InChI=1S/C25H19N3OS/c29-24(15-18-11-12-20-7-1-2-8-21(20)14-18)28(17-19-6-5-13-26-16-19)25-27-22-9-3-4-10-23(22)30-25/h1-14,16H,15,17H2. The topological polar surface area (TPSA) is 46.1 Å². The third-order valence-corrected chi connectivity index (χ3v) is 6.11. The molecule has 0 saturated heterocycles. The molecule has 2 aromatic heterocycles. The molecule has 146 valence electrons. The van der Waals surface area contributed by atoms with Crippen LogP contribution in [0.25, 0.3) is 21.0 Å². The minimum atomic E-state index is 0.0215. The van der Waals surface area contributed by atoms with Crippen molar-refractivity contribution in [2.45, 2.75) is 13.0 Å². The lowest BCUT2D eigenvalue weighted by Crippen LogP contribution is -2.31. The summed E-state index contributed by atoms with van der Waals surface area (Å²) >= 11 is 1.54. The first-order valence-corrected chi connectivity index (χ1v) is 10.6. The van der Waals surface area contributed by atoms with Gasteiger partial charge in [-0.05, 0) is 40.1 Å². The minimum Gasteiger partial charge on any atom is -0.283 e. The van der Waals surface area contributed by atoms with Crippen molar-refractivity contribution in [1.82, 2.24) is 9.97 Å². The van der Waals surface area contributed by atoms with E-state index in [9.17, 15) is 4.79 Å². The van der Waals surface area contributed by atoms with Crippen LogP contribution in [0.4, 0.5) is 5.13 Å². The molecule has 0 aliphatic rings. The SMILES string of the molecule is O=C(Cc1ccc2ccccc2c1)N(Cc1cccnc1)c1nc2ccccc2s1. The molecule has 5 heteroatoms. The molecule has 30 heavy (non-hydrogen) atoms. The molecule has 0 radical (unpaired) electrons. The first kappa shape index (κ1) is 18.5. The summed E-state index contributed by atoms with van der Waals surface area (Å²) in [4.78, 5) is 24.1. The second kappa shape index (κ2) is 8.05. The highest BCUT2D eigenvalue weighted by atomic mass is 32.1. The molecule has 3 aromatic carbocycles.